The molecule has 2 amide bonds. The summed E-state index contributed by atoms with van der Waals surface area (Å²) in [5.74, 6) is 0.318. The summed E-state index contributed by atoms with van der Waals surface area (Å²) in [6, 6.07) is 15.8. The molecule has 2 N–H and O–H groups in total. The average molecular weight is 579 g/mol. The Morgan fingerprint density at radius 2 is 1.75 bits per heavy atom. The van der Waals surface area contributed by atoms with E-state index in [-0.39, 0.29) is 18.2 Å². The van der Waals surface area contributed by atoms with Crippen molar-refractivity contribution in [3.05, 3.63) is 81.5 Å². The molecule has 0 unspecified atom stereocenters. The molecule has 0 radical (unpaired) electrons. The number of amides is 2. The van der Waals surface area contributed by atoms with E-state index in [0.29, 0.717) is 55.2 Å². The van der Waals surface area contributed by atoms with Gasteiger partial charge in [0, 0.05) is 51.0 Å². The first-order chi connectivity index (χ1) is 18.9. The number of nitrogens with zero attached hydrogens (tertiary/aromatic N) is 3. The third-order valence-corrected chi connectivity index (χ3v) is 7.41. The molecule has 8 nitrogen and oxygen atoms in total. The van der Waals surface area contributed by atoms with E-state index >= 15 is 0 Å². The van der Waals surface area contributed by atoms with Gasteiger partial charge in [0.25, 0.3) is 5.91 Å². The zero-order valence-electron chi connectivity index (χ0n) is 22.7. The summed E-state index contributed by atoms with van der Waals surface area (Å²) in [5.41, 5.74) is 9.74. The second-order valence-corrected chi connectivity index (χ2v) is 11.4. The molecule has 3 aromatic carbocycles. The summed E-state index contributed by atoms with van der Waals surface area (Å²) in [6.45, 7) is 5.98. The molecular weight excluding hydrogens is 551 g/mol. The van der Waals surface area contributed by atoms with Gasteiger partial charge < -0.3 is 20.1 Å². The molecule has 10 heteroatoms. The number of carbonyl (C=O) groups is 2. The first-order valence-electron chi connectivity index (χ1n) is 12.5. The highest BCUT2D eigenvalue weighted by molar-refractivity contribution is 6.34. The highest BCUT2D eigenvalue weighted by atomic mass is 35.5. The summed E-state index contributed by atoms with van der Waals surface area (Å²) in [4.78, 5) is 27.3. The van der Waals surface area contributed by atoms with Gasteiger partial charge >= 0.3 is 0 Å². The van der Waals surface area contributed by atoms with Crippen LogP contribution in [0.15, 0.2) is 54.6 Å². The lowest BCUT2D eigenvalue weighted by Gasteiger charge is -2.31. The standard InChI is InChI=1S/C30H28Cl2N4O4/c1-30(2,3)35(4)29(38)26-23-15-40-25-14-24(39-5)21(16-7-6-8-17(9-16)28(33)37)13-22(25)27(23)36(34-26)20-11-18(31)10-19(32)12-20/h6-14H,15H2,1-5H3,(H2,33,37). The molecule has 4 aromatic rings. The van der Waals surface area contributed by atoms with Gasteiger partial charge in [-0.3, -0.25) is 9.59 Å². The number of ether oxygens (including phenoxy) is 2. The second-order valence-electron chi connectivity index (χ2n) is 10.5. The summed E-state index contributed by atoms with van der Waals surface area (Å²) in [6.07, 6.45) is 0. The fourth-order valence-corrected chi connectivity index (χ4v) is 5.11. The number of rotatable bonds is 5. The van der Waals surface area contributed by atoms with Crippen LogP contribution in [0.3, 0.4) is 0 Å². The fourth-order valence-electron chi connectivity index (χ4n) is 4.60. The van der Waals surface area contributed by atoms with Crippen molar-refractivity contribution >= 4 is 35.0 Å². The largest absolute Gasteiger partial charge is 0.496 e. The molecule has 0 fully saturated rings. The third-order valence-electron chi connectivity index (χ3n) is 6.98. The zero-order valence-corrected chi connectivity index (χ0v) is 24.2. The molecule has 0 saturated heterocycles. The lowest BCUT2D eigenvalue weighted by molar-refractivity contribution is 0.0646. The maximum absolute atomic E-state index is 13.7. The number of primary amides is 1. The van der Waals surface area contributed by atoms with Crippen LogP contribution in [0.5, 0.6) is 11.5 Å². The highest BCUT2D eigenvalue weighted by Crippen LogP contribution is 2.46. The first-order valence-corrected chi connectivity index (χ1v) is 13.3. The topological polar surface area (TPSA) is 99.7 Å². The van der Waals surface area contributed by atoms with Crippen LogP contribution >= 0.6 is 23.2 Å². The van der Waals surface area contributed by atoms with Crippen molar-refractivity contribution in [3.63, 3.8) is 0 Å². The third kappa shape index (κ3) is 4.89. The van der Waals surface area contributed by atoms with Crippen LogP contribution in [-0.4, -0.2) is 46.2 Å². The Morgan fingerprint density at radius 3 is 2.38 bits per heavy atom. The van der Waals surface area contributed by atoms with Gasteiger partial charge in [-0.2, -0.15) is 5.10 Å². The lowest BCUT2D eigenvalue weighted by Crippen LogP contribution is -2.43. The van der Waals surface area contributed by atoms with Gasteiger partial charge in [0.2, 0.25) is 5.91 Å². The van der Waals surface area contributed by atoms with Gasteiger partial charge in [-0.1, -0.05) is 35.3 Å². The smallest absolute Gasteiger partial charge is 0.274 e. The Morgan fingerprint density at radius 1 is 1.05 bits per heavy atom. The van der Waals surface area contributed by atoms with Crippen LogP contribution in [0.1, 0.15) is 47.2 Å². The summed E-state index contributed by atoms with van der Waals surface area (Å²) in [5, 5.41) is 5.65. The van der Waals surface area contributed by atoms with Crippen molar-refractivity contribution in [1.82, 2.24) is 14.7 Å². The summed E-state index contributed by atoms with van der Waals surface area (Å²) >= 11 is 12.7. The Balaban J connectivity index is 1.79. The van der Waals surface area contributed by atoms with Crippen LogP contribution in [0, 0.1) is 0 Å². The Hall–Kier alpha value is -4.01. The normalized spacial score (nSPS) is 12.3. The van der Waals surface area contributed by atoms with E-state index in [4.69, 9.17) is 43.5 Å². The van der Waals surface area contributed by atoms with Crippen LogP contribution in [0.25, 0.3) is 28.1 Å². The minimum Gasteiger partial charge on any atom is -0.496 e. The van der Waals surface area contributed by atoms with E-state index in [1.165, 1.54) is 0 Å². The molecule has 0 aliphatic carbocycles. The number of hydrogen-bond donors (Lipinski definition) is 1. The minimum absolute atomic E-state index is 0.120. The van der Waals surface area contributed by atoms with E-state index in [1.54, 1.807) is 66.2 Å². The lowest BCUT2D eigenvalue weighted by atomic mass is 9.95. The van der Waals surface area contributed by atoms with Gasteiger partial charge in [-0.05, 0) is 62.7 Å². The molecule has 5 rings (SSSR count). The average Bonchev–Trinajstić information content (AvgIpc) is 3.30. The predicted molar refractivity (Wildman–Crippen MR) is 156 cm³/mol. The maximum atomic E-state index is 13.7. The number of methoxy groups -OCH3 is 1. The van der Waals surface area contributed by atoms with E-state index in [1.807, 2.05) is 32.9 Å². The molecule has 0 saturated carbocycles. The van der Waals surface area contributed by atoms with Gasteiger partial charge in [0.05, 0.1) is 18.5 Å². The Labute approximate surface area is 242 Å². The number of fused-ring (bicyclic) bond motifs is 3. The van der Waals surface area contributed by atoms with Crippen molar-refractivity contribution in [2.24, 2.45) is 5.73 Å². The minimum atomic E-state index is -0.536. The number of nitrogens with two attached hydrogens (primary N) is 1. The van der Waals surface area contributed by atoms with Crippen molar-refractivity contribution in [2.45, 2.75) is 32.9 Å². The molecule has 0 bridgehead atoms. The number of benzene rings is 3. The summed E-state index contributed by atoms with van der Waals surface area (Å²) < 4.78 is 13.5. The van der Waals surface area contributed by atoms with Crippen LogP contribution in [0.2, 0.25) is 10.0 Å². The Bertz CT molecular complexity index is 1650. The molecule has 1 aliphatic heterocycles. The molecule has 0 atom stereocenters. The number of hydrogen-bond acceptors (Lipinski definition) is 5. The van der Waals surface area contributed by atoms with Gasteiger partial charge in [0.15, 0.2) is 5.69 Å². The van der Waals surface area contributed by atoms with Crippen molar-refractivity contribution in [3.8, 4) is 39.6 Å². The monoisotopic (exact) mass is 578 g/mol. The quantitative estimate of drug-likeness (QED) is 0.296. The molecule has 2 heterocycles. The SMILES string of the molecule is COc1cc2c(cc1-c1cccc(C(N)=O)c1)-c1c(c(C(=O)N(C)C(C)(C)C)nn1-c1cc(Cl)cc(Cl)c1)CO2. The number of halogens is 2. The van der Waals surface area contributed by atoms with Crippen LogP contribution in [0.4, 0.5) is 0 Å². The molecule has 206 valence electrons. The van der Waals surface area contributed by atoms with Crippen molar-refractivity contribution < 1.29 is 19.1 Å². The fraction of sp³-hybridized carbons (Fsp3) is 0.233. The maximum Gasteiger partial charge on any atom is 0.274 e. The first kappa shape index (κ1) is 27.6. The van der Waals surface area contributed by atoms with E-state index < -0.39 is 11.4 Å². The van der Waals surface area contributed by atoms with Gasteiger partial charge in [0.1, 0.15) is 18.1 Å². The van der Waals surface area contributed by atoms with Crippen molar-refractivity contribution in [2.75, 3.05) is 14.2 Å². The van der Waals surface area contributed by atoms with E-state index in [2.05, 4.69) is 0 Å². The number of carbonyl (C=O) groups excluding carboxylic acids is 2. The molecule has 1 aromatic heterocycles. The van der Waals surface area contributed by atoms with Crippen LogP contribution in [-0.2, 0) is 6.61 Å². The summed E-state index contributed by atoms with van der Waals surface area (Å²) in [7, 11) is 3.31. The van der Waals surface area contributed by atoms with Gasteiger partial charge in [-0.15, -0.1) is 0 Å². The van der Waals surface area contributed by atoms with Crippen molar-refractivity contribution in [1.29, 1.82) is 0 Å². The highest BCUT2D eigenvalue weighted by Gasteiger charge is 2.34. The molecule has 1 aliphatic rings. The zero-order chi connectivity index (χ0) is 28.9. The number of aromatic nitrogens is 2. The Kier molecular flexibility index (Phi) is 7.02. The second kappa shape index (κ2) is 10.2. The molecule has 40 heavy (non-hydrogen) atoms. The van der Waals surface area contributed by atoms with E-state index in [0.717, 1.165) is 5.56 Å². The van der Waals surface area contributed by atoms with E-state index in [9.17, 15) is 9.59 Å². The van der Waals surface area contributed by atoms with Crippen LogP contribution < -0.4 is 15.2 Å². The predicted octanol–water partition coefficient (Wildman–Crippen LogP) is 6.38. The molecule has 0 spiro atoms. The molecular formula is C30H28Cl2N4O4. The van der Waals surface area contributed by atoms with Gasteiger partial charge in [-0.25, -0.2) is 4.68 Å².